The molecule has 0 saturated carbocycles. The molecule has 21 heteroatoms. The SMILES string of the molecule is CCCO[C@@H]1O[C@@H](COCc2ccccc2)[C@@H](O[C@@H]2OC(COC(C)=O)[C@H](OC(C)=O)C(OC(C)=O)C2OC(C)=O)C(OCCN2[C@H](COCc3ccccc3)C(OCc3ccccc3)C(OCc3ccccc3)[C@H](OCc3ccccc3)[C@@H]2C)C1NC(C)=O. The van der Waals surface area contributed by atoms with Gasteiger partial charge >= 0.3 is 23.9 Å². The summed E-state index contributed by atoms with van der Waals surface area (Å²) in [5, 5.41) is 3.04. The third kappa shape index (κ3) is 20.5. The number of benzene rings is 5. The molecule has 3 fully saturated rings. The summed E-state index contributed by atoms with van der Waals surface area (Å²) in [4.78, 5) is 67.2. The normalized spacial score (nSPS) is 26.8. The molecule has 3 aliphatic rings. The van der Waals surface area contributed by atoms with Crippen LogP contribution in [-0.2, 0) is 123 Å². The van der Waals surface area contributed by atoms with Crippen molar-refractivity contribution in [2.45, 2.75) is 180 Å². The van der Waals surface area contributed by atoms with Crippen LogP contribution in [0.2, 0.25) is 0 Å². The minimum atomic E-state index is -1.70. The average molecular weight is 1250 g/mol. The first-order chi connectivity index (χ1) is 43.6. The lowest BCUT2D eigenvalue weighted by Gasteiger charge is -2.52. The number of piperidine rings is 1. The molecule has 90 heavy (non-hydrogen) atoms. The van der Waals surface area contributed by atoms with Gasteiger partial charge in [0.05, 0.1) is 58.9 Å². The quantitative estimate of drug-likeness (QED) is 0.0320. The number of rotatable bonds is 32. The van der Waals surface area contributed by atoms with Gasteiger partial charge in [0, 0.05) is 53.8 Å². The molecule has 15 atom stereocenters. The number of carbonyl (C=O) groups is 5. The van der Waals surface area contributed by atoms with Gasteiger partial charge in [0.1, 0.15) is 55.4 Å². The van der Waals surface area contributed by atoms with Gasteiger partial charge in [0.15, 0.2) is 30.9 Å². The number of esters is 4. The zero-order valence-electron chi connectivity index (χ0n) is 52.3. The molecule has 5 aromatic carbocycles. The predicted molar refractivity (Wildman–Crippen MR) is 326 cm³/mol. The summed E-state index contributed by atoms with van der Waals surface area (Å²) in [6.45, 7) is 11.1. The van der Waals surface area contributed by atoms with Crippen molar-refractivity contribution in [2.24, 2.45) is 0 Å². The number of nitrogens with one attached hydrogen (secondary N) is 1. The first kappa shape index (κ1) is 68.9. The summed E-state index contributed by atoms with van der Waals surface area (Å²) in [7, 11) is 0. The van der Waals surface area contributed by atoms with Gasteiger partial charge < -0.3 is 71.6 Å². The fourth-order valence-electron chi connectivity index (χ4n) is 11.5. The molecule has 5 aromatic rings. The minimum Gasteiger partial charge on any atom is -0.463 e. The molecule has 0 aromatic heterocycles. The van der Waals surface area contributed by atoms with Crippen LogP contribution >= 0.6 is 0 Å². The van der Waals surface area contributed by atoms with Crippen LogP contribution in [0.5, 0.6) is 0 Å². The molecule has 3 heterocycles. The monoisotopic (exact) mass is 1250 g/mol. The Balaban J connectivity index is 1.21. The van der Waals surface area contributed by atoms with Gasteiger partial charge in [-0.15, -0.1) is 0 Å². The second kappa shape index (κ2) is 35.6. The van der Waals surface area contributed by atoms with Crippen LogP contribution in [0, 0.1) is 0 Å². The molecule has 1 amide bonds. The Hall–Kier alpha value is -6.99. The van der Waals surface area contributed by atoms with Gasteiger partial charge in [-0.25, -0.2) is 0 Å². The van der Waals surface area contributed by atoms with Crippen molar-refractivity contribution in [1.82, 2.24) is 10.2 Å². The van der Waals surface area contributed by atoms with E-state index in [1.165, 1.54) is 13.8 Å². The van der Waals surface area contributed by atoms with Crippen molar-refractivity contribution in [1.29, 1.82) is 0 Å². The van der Waals surface area contributed by atoms with Crippen molar-refractivity contribution in [2.75, 3.05) is 39.6 Å². The third-order valence-electron chi connectivity index (χ3n) is 15.5. The first-order valence-electron chi connectivity index (χ1n) is 30.7. The predicted octanol–water partition coefficient (Wildman–Crippen LogP) is 7.76. The molecule has 486 valence electrons. The Labute approximate surface area is 527 Å². The summed E-state index contributed by atoms with van der Waals surface area (Å²) in [5.74, 6) is -3.62. The highest BCUT2D eigenvalue weighted by Gasteiger charge is 2.57. The van der Waals surface area contributed by atoms with Crippen molar-refractivity contribution in [3.8, 4) is 0 Å². The van der Waals surface area contributed by atoms with Crippen molar-refractivity contribution >= 4 is 29.8 Å². The van der Waals surface area contributed by atoms with Crippen molar-refractivity contribution in [3.63, 3.8) is 0 Å². The average Bonchev–Trinajstić information content (AvgIpc) is 0.827. The Morgan fingerprint density at radius 1 is 0.433 bits per heavy atom. The van der Waals surface area contributed by atoms with E-state index in [0.717, 1.165) is 48.6 Å². The molecule has 0 spiro atoms. The lowest BCUT2D eigenvalue weighted by Crippen LogP contribution is -2.70. The molecular weight excluding hydrogens is 1160 g/mol. The molecule has 0 radical (unpaired) electrons. The number of hydrogen-bond donors (Lipinski definition) is 1. The zero-order chi connectivity index (χ0) is 63.8. The highest BCUT2D eigenvalue weighted by atomic mass is 16.8. The van der Waals surface area contributed by atoms with E-state index in [-0.39, 0.29) is 59.4 Å². The fraction of sp³-hybridized carbons (Fsp3) is 0.493. The van der Waals surface area contributed by atoms with E-state index in [2.05, 4.69) is 17.1 Å². The lowest BCUT2D eigenvalue weighted by molar-refractivity contribution is -0.353. The van der Waals surface area contributed by atoms with Crippen LogP contribution < -0.4 is 5.32 Å². The Kier molecular flexibility index (Phi) is 27.2. The fourth-order valence-corrected chi connectivity index (χ4v) is 11.5. The second-order valence-electron chi connectivity index (χ2n) is 22.5. The van der Waals surface area contributed by atoms with Crippen LogP contribution in [0.4, 0.5) is 0 Å². The lowest BCUT2D eigenvalue weighted by atomic mass is 9.87. The van der Waals surface area contributed by atoms with E-state index in [1.807, 2.05) is 159 Å². The summed E-state index contributed by atoms with van der Waals surface area (Å²) >= 11 is 0. The van der Waals surface area contributed by atoms with Crippen LogP contribution in [-0.4, -0.2) is 166 Å². The number of nitrogens with zero attached hydrogens (tertiary/aromatic N) is 1. The van der Waals surface area contributed by atoms with Crippen LogP contribution in [0.3, 0.4) is 0 Å². The maximum absolute atomic E-state index is 13.6. The summed E-state index contributed by atoms with van der Waals surface area (Å²) < 4.78 is 91.5. The van der Waals surface area contributed by atoms with E-state index in [4.69, 9.17) is 66.3 Å². The molecule has 3 aliphatic heterocycles. The number of likely N-dealkylation sites (tertiary alicyclic amines) is 1. The Bertz CT molecular complexity index is 2950. The first-order valence-corrected chi connectivity index (χ1v) is 30.7. The smallest absolute Gasteiger partial charge is 0.303 e. The van der Waals surface area contributed by atoms with E-state index in [1.54, 1.807) is 0 Å². The van der Waals surface area contributed by atoms with Crippen LogP contribution in [0.1, 0.15) is 82.7 Å². The van der Waals surface area contributed by atoms with E-state index < -0.39 is 128 Å². The molecule has 0 aliphatic carbocycles. The van der Waals surface area contributed by atoms with E-state index in [0.29, 0.717) is 13.0 Å². The van der Waals surface area contributed by atoms with Gasteiger partial charge in [-0.1, -0.05) is 159 Å². The zero-order valence-corrected chi connectivity index (χ0v) is 52.3. The van der Waals surface area contributed by atoms with Gasteiger partial charge in [-0.05, 0) is 41.2 Å². The maximum atomic E-state index is 13.6. The highest BCUT2D eigenvalue weighted by Crippen LogP contribution is 2.37. The van der Waals surface area contributed by atoms with Crippen molar-refractivity contribution < 1.29 is 90.3 Å². The largest absolute Gasteiger partial charge is 0.463 e. The summed E-state index contributed by atoms with van der Waals surface area (Å²) in [6, 6.07) is 47.2. The number of hydrogen-bond acceptors (Lipinski definition) is 20. The molecule has 21 nitrogen and oxygen atoms in total. The Morgan fingerprint density at radius 2 is 0.878 bits per heavy atom. The van der Waals surface area contributed by atoms with Gasteiger partial charge in [-0.2, -0.15) is 0 Å². The molecule has 7 unspecified atom stereocenters. The van der Waals surface area contributed by atoms with Crippen LogP contribution in [0.25, 0.3) is 0 Å². The van der Waals surface area contributed by atoms with Gasteiger partial charge in [-0.3, -0.25) is 28.9 Å². The third-order valence-corrected chi connectivity index (χ3v) is 15.5. The van der Waals surface area contributed by atoms with Crippen LogP contribution in [0.15, 0.2) is 152 Å². The minimum absolute atomic E-state index is 0.0524. The maximum Gasteiger partial charge on any atom is 0.303 e. The van der Waals surface area contributed by atoms with Crippen molar-refractivity contribution in [3.05, 3.63) is 179 Å². The Morgan fingerprint density at radius 3 is 1.37 bits per heavy atom. The number of amides is 1. The highest BCUT2D eigenvalue weighted by molar-refractivity contribution is 5.73. The summed E-state index contributed by atoms with van der Waals surface area (Å²) in [5.41, 5.74) is 4.72. The molecule has 8 rings (SSSR count). The number of carbonyl (C=O) groups excluding carboxylic acids is 5. The van der Waals surface area contributed by atoms with E-state index in [9.17, 15) is 24.0 Å². The molecule has 1 N–H and O–H groups in total. The van der Waals surface area contributed by atoms with E-state index >= 15 is 0 Å². The topological polar surface area (TPSA) is 230 Å². The van der Waals surface area contributed by atoms with Gasteiger partial charge in [0.25, 0.3) is 0 Å². The number of ether oxygens (including phenoxy) is 14. The molecule has 3 saturated heterocycles. The standard InChI is InChI=1S/C69H86N2O19/c1-8-35-80-68-59(70-46(3)72)64(62(57(88-68)43-78-38-52-26-16-10-17-27-52)90-69-67(87-50(7)76)66(86-49(6)75)63(85-48(5)74)58(89-69)44-81-47(4)73)79-36-34-71-45(2)60(82-39-53-28-18-11-19-29-53)65(84-41-55-32-22-13-23-33-55)61(83-40-54-30-20-12-21-31-54)56(71)42-77-37-51-24-14-9-15-25-51/h9-33,45,56-69H,8,34-44H2,1-7H3,(H,70,72)/t45-,56+,57-,58?,59?,60+,61?,62+,63-,64?,65?,66?,67?,68+,69-/m0/s1. The summed E-state index contributed by atoms with van der Waals surface area (Å²) in [6.07, 6.45) is -13.8. The van der Waals surface area contributed by atoms with Gasteiger partial charge in [0.2, 0.25) is 5.91 Å². The second-order valence-corrected chi connectivity index (χ2v) is 22.5. The molecule has 0 bridgehead atoms. The molecular formula is C69H86N2O19.